The van der Waals surface area contributed by atoms with Crippen LogP contribution in [0.5, 0.6) is 11.6 Å². The molecule has 1 saturated heterocycles. The van der Waals surface area contributed by atoms with Crippen molar-refractivity contribution in [3.8, 4) is 11.6 Å². The standard InChI is InChI=1S/C27H27ClN4O6/c1-37-23-13-17(8-10-22(23)31-27(36)30-21-7-3-2-6-20(21)28)14-25(33)32-12-4-5-19(32)16-38-24-11-9-18(15-29-24)26(34)35/h2-3,6-11,13,15,19H,4-5,12,14,16H2,1H3,(H,34,35)(H2,30,31,36). The van der Waals surface area contributed by atoms with E-state index in [1.54, 1.807) is 47.4 Å². The number of hydrogen-bond acceptors (Lipinski definition) is 6. The highest BCUT2D eigenvalue weighted by Crippen LogP contribution is 2.28. The summed E-state index contributed by atoms with van der Waals surface area (Å²) in [5.74, 6) is -0.385. The van der Waals surface area contributed by atoms with Crippen LogP contribution in [-0.2, 0) is 11.2 Å². The summed E-state index contributed by atoms with van der Waals surface area (Å²) in [5.41, 5.74) is 1.74. The number of anilines is 2. The number of carbonyl (C=O) groups is 3. The summed E-state index contributed by atoms with van der Waals surface area (Å²) in [7, 11) is 1.49. The van der Waals surface area contributed by atoms with Gasteiger partial charge >= 0.3 is 12.0 Å². The highest BCUT2D eigenvalue weighted by molar-refractivity contribution is 6.33. The number of aromatic nitrogens is 1. The maximum Gasteiger partial charge on any atom is 0.337 e. The van der Waals surface area contributed by atoms with Gasteiger partial charge in [0.15, 0.2) is 0 Å². The molecule has 0 radical (unpaired) electrons. The molecule has 1 atom stereocenters. The van der Waals surface area contributed by atoms with Crippen LogP contribution in [0.2, 0.25) is 5.02 Å². The number of carbonyl (C=O) groups excluding carboxylic acids is 2. The minimum absolute atomic E-state index is 0.0514. The Bertz CT molecular complexity index is 1320. The number of urea groups is 1. The monoisotopic (exact) mass is 538 g/mol. The summed E-state index contributed by atoms with van der Waals surface area (Å²) < 4.78 is 11.2. The molecule has 11 heteroatoms. The van der Waals surface area contributed by atoms with Gasteiger partial charge in [0.05, 0.1) is 41.5 Å². The molecule has 1 fully saturated rings. The number of pyridine rings is 1. The number of halogens is 1. The van der Waals surface area contributed by atoms with E-state index in [9.17, 15) is 14.4 Å². The van der Waals surface area contributed by atoms with Crippen molar-refractivity contribution in [2.45, 2.75) is 25.3 Å². The fourth-order valence-corrected chi connectivity index (χ4v) is 4.36. The number of amides is 3. The average Bonchev–Trinajstić information content (AvgIpc) is 3.39. The molecule has 10 nitrogen and oxygen atoms in total. The number of para-hydroxylation sites is 1. The van der Waals surface area contributed by atoms with Crippen molar-refractivity contribution in [3.05, 3.63) is 76.9 Å². The van der Waals surface area contributed by atoms with Gasteiger partial charge in [-0.15, -0.1) is 0 Å². The number of carboxylic acid groups (broad SMARTS) is 1. The van der Waals surface area contributed by atoms with Crippen molar-refractivity contribution in [1.82, 2.24) is 9.88 Å². The Morgan fingerprint density at radius 1 is 1.11 bits per heavy atom. The van der Waals surface area contributed by atoms with E-state index in [2.05, 4.69) is 15.6 Å². The molecule has 3 aromatic rings. The van der Waals surface area contributed by atoms with Gasteiger partial charge in [0, 0.05) is 18.8 Å². The molecule has 3 N–H and O–H groups in total. The number of rotatable bonds is 9. The number of likely N-dealkylation sites (tertiary alicyclic amines) is 1. The van der Waals surface area contributed by atoms with Gasteiger partial charge in [0.1, 0.15) is 12.4 Å². The second-order valence-electron chi connectivity index (χ2n) is 8.65. The molecule has 1 aliphatic rings. The first kappa shape index (κ1) is 26.7. The minimum Gasteiger partial charge on any atom is -0.495 e. The first-order chi connectivity index (χ1) is 18.3. The number of methoxy groups -OCH3 is 1. The molecule has 0 saturated carbocycles. The molecule has 1 aliphatic heterocycles. The summed E-state index contributed by atoms with van der Waals surface area (Å²) in [4.78, 5) is 42.3. The number of carboxylic acids is 1. The van der Waals surface area contributed by atoms with E-state index in [-0.39, 0.29) is 30.5 Å². The van der Waals surface area contributed by atoms with Gasteiger partial charge in [-0.1, -0.05) is 29.8 Å². The van der Waals surface area contributed by atoms with Gasteiger partial charge in [0.2, 0.25) is 11.8 Å². The number of hydrogen-bond donors (Lipinski definition) is 3. The summed E-state index contributed by atoms with van der Waals surface area (Å²) in [5, 5.41) is 14.8. The first-order valence-electron chi connectivity index (χ1n) is 11.9. The Balaban J connectivity index is 1.34. The fourth-order valence-electron chi connectivity index (χ4n) is 4.17. The molecule has 2 aromatic carbocycles. The van der Waals surface area contributed by atoms with Crippen LogP contribution >= 0.6 is 11.6 Å². The predicted molar refractivity (Wildman–Crippen MR) is 142 cm³/mol. The van der Waals surface area contributed by atoms with Crippen molar-refractivity contribution >= 4 is 40.9 Å². The second-order valence-corrected chi connectivity index (χ2v) is 9.06. The third-order valence-corrected chi connectivity index (χ3v) is 6.43. The predicted octanol–water partition coefficient (Wildman–Crippen LogP) is 4.70. The molecule has 0 bridgehead atoms. The van der Waals surface area contributed by atoms with Gasteiger partial charge in [-0.25, -0.2) is 14.6 Å². The quantitative estimate of drug-likeness (QED) is 0.360. The summed E-state index contributed by atoms with van der Waals surface area (Å²) in [6.07, 6.45) is 3.05. The lowest BCUT2D eigenvalue weighted by molar-refractivity contribution is -0.131. The molecular formula is C27H27ClN4O6. The Kier molecular flexibility index (Phi) is 8.65. The largest absolute Gasteiger partial charge is 0.495 e. The molecule has 1 aromatic heterocycles. The number of nitrogens with zero attached hydrogens (tertiary/aromatic N) is 2. The zero-order valence-electron chi connectivity index (χ0n) is 20.6. The maximum absolute atomic E-state index is 13.1. The van der Waals surface area contributed by atoms with Gasteiger partial charge in [-0.2, -0.15) is 0 Å². The SMILES string of the molecule is COc1cc(CC(=O)N2CCCC2COc2ccc(C(=O)O)cn2)ccc1NC(=O)Nc1ccccc1Cl. The van der Waals surface area contributed by atoms with Crippen LogP contribution in [0.15, 0.2) is 60.8 Å². The van der Waals surface area contributed by atoms with E-state index in [0.29, 0.717) is 34.6 Å². The van der Waals surface area contributed by atoms with E-state index < -0.39 is 12.0 Å². The maximum atomic E-state index is 13.1. The number of benzene rings is 2. The second kappa shape index (κ2) is 12.3. The highest BCUT2D eigenvalue weighted by Gasteiger charge is 2.29. The Morgan fingerprint density at radius 3 is 2.61 bits per heavy atom. The van der Waals surface area contributed by atoms with Crippen molar-refractivity contribution in [3.63, 3.8) is 0 Å². The van der Waals surface area contributed by atoms with Crippen molar-refractivity contribution in [2.75, 3.05) is 30.9 Å². The summed E-state index contributed by atoms with van der Waals surface area (Å²) >= 11 is 6.10. The first-order valence-corrected chi connectivity index (χ1v) is 12.3. The van der Waals surface area contributed by atoms with Crippen LogP contribution in [-0.4, -0.2) is 59.2 Å². The van der Waals surface area contributed by atoms with Crippen molar-refractivity contribution in [2.24, 2.45) is 0 Å². The molecule has 0 spiro atoms. The van der Waals surface area contributed by atoms with Crippen LogP contribution in [0, 0.1) is 0 Å². The normalized spacial score (nSPS) is 14.6. The average molecular weight is 539 g/mol. The lowest BCUT2D eigenvalue weighted by atomic mass is 10.1. The van der Waals surface area contributed by atoms with E-state index in [0.717, 1.165) is 18.4 Å². The number of ether oxygens (including phenoxy) is 2. The number of aromatic carboxylic acids is 1. The van der Waals surface area contributed by atoms with Crippen LogP contribution < -0.4 is 20.1 Å². The van der Waals surface area contributed by atoms with Crippen molar-refractivity contribution < 1.29 is 29.0 Å². The zero-order chi connectivity index (χ0) is 27.1. The summed E-state index contributed by atoms with van der Waals surface area (Å²) in [6.45, 7) is 0.884. The van der Waals surface area contributed by atoms with Crippen molar-refractivity contribution in [1.29, 1.82) is 0 Å². The van der Waals surface area contributed by atoms with E-state index in [4.69, 9.17) is 26.2 Å². The van der Waals surface area contributed by atoms with Gasteiger partial charge in [-0.05, 0) is 48.7 Å². The van der Waals surface area contributed by atoms with Crippen LogP contribution in [0.1, 0.15) is 28.8 Å². The van der Waals surface area contributed by atoms with E-state index >= 15 is 0 Å². The van der Waals surface area contributed by atoms with E-state index in [1.807, 2.05) is 0 Å². The van der Waals surface area contributed by atoms with Crippen LogP contribution in [0.3, 0.4) is 0 Å². The van der Waals surface area contributed by atoms with Gasteiger partial charge in [0.25, 0.3) is 0 Å². The Hall–Kier alpha value is -4.31. The smallest absolute Gasteiger partial charge is 0.337 e. The molecule has 1 unspecified atom stereocenters. The molecule has 4 rings (SSSR count). The molecule has 2 heterocycles. The fraction of sp³-hybridized carbons (Fsp3) is 0.259. The lowest BCUT2D eigenvalue weighted by Gasteiger charge is -2.25. The third kappa shape index (κ3) is 6.71. The van der Waals surface area contributed by atoms with Gasteiger partial charge in [-0.3, -0.25) is 4.79 Å². The minimum atomic E-state index is -1.06. The van der Waals surface area contributed by atoms with E-state index in [1.165, 1.54) is 25.4 Å². The van der Waals surface area contributed by atoms with Gasteiger partial charge < -0.3 is 30.1 Å². The van der Waals surface area contributed by atoms with Crippen LogP contribution in [0.25, 0.3) is 0 Å². The molecule has 198 valence electrons. The number of nitrogens with one attached hydrogen (secondary N) is 2. The molecular weight excluding hydrogens is 512 g/mol. The Morgan fingerprint density at radius 2 is 1.89 bits per heavy atom. The molecule has 3 amide bonds. The molecule has 0 aliphatic carbocycles. The Labute approximate surface area is 224 Å². The molecule has 38 heavy (non-hydrogen) atoms. The highest BCUT2D eigenvalue weighted by atomic mass is 35.5. The van der Waals surface area contributed by atoms with Crippen LogP contribution in [0.4, 0.5) is 16.2 Å². The zero-order valence-corrected chi connectivity index (χ0v) is 21.4. The topological polar surface area (TPSA) is 130 Å². The summed E-state index contributed by atoms with van der Waals surface area (Å²) in [6, 6.07) is 14.4. The lowest BCUT2D eigenvalue weighted by Crippen LogP contribution is -2.40. The third-order valence-electron chi connectivity index (χ3n) is 6.10.